The molecule has 0 aliphatic carbocycles. The van der Waals surface area contributed by atoms with Crippen LogP contribution >= 0.6 is 11.8 Å². The van der Waals surface area contributed by atoms with E-state index in [1.807, 2.05) is 0 Å². The molecule has 0 radical (unpaired) electrons. The summed E-state index contributed by atoms with van der Waals surface area (Å²) < 4.78 is 28.5. The van der Waals surface area contributed by atoms with Crippen molar-refractivity contribution in [2.24, 2.45) is 10.1 Å². The molecule has 4 rings (SSSR count). The number of piperidine rings is 1. The molecule has 1 fully saturated rings. The predicted octanol–water partition coefficient (Wildman–Crippen LogP) is 3.05. The van der Waals surface area contributed by atoms with Crippen LogP contribution in [0.2, 0.25) is 0 Å². The minimum atomic E-state index is -3.73. The van der Waals surface area contributed by atoms with Crippen molar-refractivity contribution in [1.82, 2.24) is 4.90 Å². The Kier molecular flexibility index (Phi) is 5.13. The van der Waals surface area contributed by atoms with E-state index in [4.69, 9.17) is 9.56 Å². The fourth-order valence-electron chi connectivity index (χ4n) is 3.14. The number of sulfonamides is 1. The number of rotatable bonds is 3. The molecule has 1 saturated heterocycles. The van der Waals surface area contributed by atoms with Gasteiger partial charge in [0.15, 0.2) is 5.17 Å². The Labute approximate surface area is 167 Å². The molecule has 7 nitrogen and oxygen atoms in total. The highest BCUT2D eigenvalue weighted by Gasteiger charge is 2.27. The fraction of sp³-hybridized carbons (Fsp3) is 0.263. The zero-order chi connectivity index (χ0) is 19.7. The summed E-state index contributed by atoms with van der Waals surface area (Å²) in [6.45, 7) is 1.87. The third kappa shape index (κ3) is 4.06. The van der Waals surface area contributed by atoms with E-state index < -0.39 is 10.0 Å². The smallest absolute Gasteiger partial charge is 0.286 e. The summed E-state index contributed by atoms with van der Waals surface area (Å²) in [5, 5.41) is 5.88. The lowest BCUT2D eigenvalue weighted by Crippen LogP contribution is -2.33. The Morgan fingerprint density at radius 3 is 2.46 bits per heavy atom. The van der Waals surface area contributed by atoms with Crippen LogP contribution in [-0.2, 0) is 14.8 Å². The molecule has 0 atom stereocenters. The van der Waals surface area contributed by atoms with Crippen LogP contribution in [0.1, 0.15) is 25.0 Å². The number of amides is 1. The normalized spacial score (nSPS) is 19.3. The highest BCUT2D eigenvalue weighted by Crippen LogP contribution is 2.32. The number of furan rings is 1. The van der Waals surface area contributed by atoms with E-state index in [0.29, 0.717) is 22.0 Å². The molecule has 0 unspecified atom stereocenters. The van der Waals surface area contributed by atoms with Crippen molar-refractivity contribution in [3.63, 3.8) is 0 Å². The number of amidine groups is 1. The molecule has 2 aliphatic rings. The number of benzene rings is 1. The predicted molar refractivity (Wildman–Crippen MR) is 109 cm³/mol. The first-order chi connectivity index (χ1) is 13.4. The van der Waals surface area contributed by atoms with E-state index >= 15 is 0 Å². The standard InChI is InChI=1S/C19H19N3O4S2/c20-28(24,25)15-7-4-13(5-8-15)16-9-6-14(26-16)12-17-18(23)21-19(27-17)22-10-2-1-3-11-22/h4-9,12H,1-3,10-11H2,(H2,20,24,25). The van der Waals surface area contributed by atoms with Crippen LogP contribution in [0.3, 0.4) is 0 Å². The largest absolute Gasteiger partial charge is 0.457 e. The summed E-state index contributed by atoms with van der Waals surface area (Å²) in [5.41, 5.74) is 0.715. The molecule has 9 heteroatoms. The summed E-state index contributed by atoms with van der Waals surface area (Å²) in [6.07, 6.45) is 5.16. The third-order valence-electron chi connectivity index (χ3n) is 4.60. The molecule has 0 bridgehead atoms. The van der Waals surface area contributed by atoms with Crippen molar-refractivity contribution in [1.29, 1.82) is 0 Å². The molecule has 2 N–H and O–H groups in total. The molecule has 1 amide bonds. The Bertz CT molecular complexity index is 1060. The highest BCUT2D eigenvalue weighted by atomic mass is 32.2. The number of hydrogen-bond donors (Lipinski definition) is 1. The van der Waals surface area contributed by atoms with Gasteiger partial charge in [0.1, 0.15) is 11.5 Å². The van der Waals surface area contributed by atoms with Gasteiger partial charge >= 0.3 is 0 Å². The van der Waals surface area contributed by atoms with E-state index in [2.05, 4.69) is 9.89 Å². The number of carbonyl (C=O) groups excluding carboxylic acids is 1. The number of likely N-dealkylation sites (tertiary alicyclic amines) is 1. The van der Waals surface area contributed by atoms with Crippen molar-refractivity contribution in [2.45, 2.75) is 24.2 Å². The fourth-order valence-corrected chi connectivity index (χ4v) is 4.60. The van der Waals surface area contributed by atoms with Gasteiger partial charge in [0.2, 0.25) is 10.0 Å². The SMILES string of the molecule is NS(=O)(=O)c1ccc(-c2ccc(C=C3SC(N4CCCCC4)=NC3=O)o2)cc1. The summed E-state index contributed by atoms with van der Waals surface area (Å²) in [6, 6.07) is 9.66. The second-order valence-corrected chi connectivity index (χ2v) is 9.20. The average molecular weight is 418 g/mol. The van der Waals surface area contributed by atoms with Gasteiger partial charge in [0, 0.05) is 24.7 Å². The van der Waals surface area contributed by atoms with Crippen LogP contribution in [0.15, 0.2) is 55.6 Å². The Hall–Kier alpha value is -2.36. The van der Waals surface area contributed by atoms with Gasteiger partial charge in [0.05, 0.1) is 9.80 Å². The third-order valence-corrected chi connectivity index (χ3v) is 6.58. The number of thioether (sulfide) groups is 1. The van der Waals surface area contributed by atoms with E-state index in [1.54, 1.807) is 30.3 Å². The number of aliphatic imine (C=N–C) groups is 1. The van der Waals surface area contributed by atoms with Crippen molar-refractivity contribution >= 4 is 38.9 Å². The maximum absolute atomic E-state index is 12.2. The lowest BCUT2D eigenvalue weighted by molar-refractivity contribution is -0.113. The van der Waals surface area contributed by atoms with Crippen LogP contribution in [-0.4, -0.2) is 37.5 Å². The first-order valence-corrected chi connectivity index (χ1v) is 11.3. The molecule has 146 valence electrons. The van der Waals surface area contributed by atoms with Gasteiger partial charge in [-0.3, -0.25) is 4.79 Å². The van der Waals surface area contributed by atoms with Crippen LogP contribution in [0.25, 0.3) is 17.4 Å². The zero-order valence-corrected chi connectivity index (χ0v) is 16.6. The maximum Gasteiger partial charge on any atom is 0.286 e. The summed E-state index contributed by atoms with van der Waals surface area (Å²) >= 11 is 1.38. The second-order valence-electron chi connectivity index (χ2n) is 6.63. The van der Waals surface area contributed by atoms with Crippen LogP contribution in [0.4, 0.5) is 0 Å². The van der Waals surface area contributed by atoms with Crippen LogP contribution in [0.5, 0.6) is 0 Å². The van der Waals surface area contributed by atoms with Gasteiger partial charge in [0.25, 0.3) is 5.91 Å². The Morgan fingerprint density at radius 2 is 1.79 bits per heavy atom. The zero-order valence-electron chi connectivity index (χ0n) is 15.0. The minimum Gasteiger partial charge on any atom is -0.457 e. The van der Waals surface area contributed by atoms with E-state index in [0.717, 1.165) is 31.1 Å². The summed E-state index contributed by atoms with van der Waals surface area (Å²) in [5.74, 6) is 0.859. The minimum absolute atomic E-state index is 0.0421. The molecule has 3 heterocycles. The average Bonchev–Trinajstić information content (AvgIpc) is 3.29. The molecule has 28 heavy (non-hydrogen) atoms. The molecular weight excluding hydrogens is 398 g/mol. The molecule has 0 spiro atoms. The second kappa shape index (κ2) is 7.57. The van der Waals surface area contributed by atoms with Gasteiger partial charge in [-0.25, -0.2) is 13.6 Å². The maximum atomic E-state index is 12.2. The first kappa shape index (κ1) is 19.0. The number of carbonyl (C=O) groups is 1. The van der Waals surface area contributed by atoms with Gasteiger partial charge in [-0.1, -0.05) is 0 Å². The lowest BCUT2D eigenvalue weighted by Gasteiger charge is -2.27. The number of nitrogens with zero attached hydrogens (tertiary/aromatic N) is 2. The first-order valence-electron chi connectivity index (χ1n) is 8.91. The highest BCUT2D eigenvalue weighted by molar-refractivity contribution is 8.18. The molecule has 0 saturated carbocycles. The number of hydrogen-bond acceptors (Lipinski definition) is 6. The molecule has 2 aliphatic heterocycles. The lowest BCUT2D eigenvalue weighted by atomic mass is 10.1. The number of primary sulfonamides is 1. The Morgan fingerprint density at radius 1 is 1.07 bits per heavy atom. The van der Waals surface area contributed by atoms with Gasteiger partial charge in [-0.15, -0.1) is 0 Å². The Balaban J connectivity index is 1.50. The quantitative estimate of drug-likeness (QED) is 0.770. The van der Waals surface area contributed by atoms with Gasteiger partial charge < -0.3 is 9.32 Å². The summed E-state index contributed by atoms with van der Waals surface area (Å²) in [7, 11) is -3.73. The van der Waals surface area contributed by atoms with Crippen LogP contribution in [0, 0.1) is 0 Å². The van der Waals surface area contributed by atoms with Gasteiger partial charge in [-0.05, 0) is 67.4 Å². The molecule has 2 aromatic rings. The monoisotopic (exact) mass is 417 g/mol. The van der Waals surface area contributed by atoms with Crippen molar-refractivity contribution in [3.8, 4) is 11.3 Å². The number of nitrogens with two attached hydrogens (primary N) is 1. The van der Waals surface area contributed by atoms with Crippen molar-refractivity contribution < 1.29 is 17.6 Å². The summed E-state index contributed by atoms with van der Waals surface area (Å²) in [4.78, 5) is 19.1. The van der Waals surface area contributed by atoms with E-state index in [1.165, 1.54) is 30.3 Å². The molecular formula is C19H19N3O4S2. The van der Waals surface area contributed by atoms with Crippen LogP contribution < -0.4 is 5.14 Å². The van der Waals surface area contributed by atoms with E-state index in [9.17, 15) is 13.2 Å². The van der Waals surface area contributed by atoms with Gasteiger partial charge in [-0.2, -0.15) is 4.99 Å². The van der Waals surface area contributed by atoms with Crippen molar-refractivity contribution in [3.05, 3.63) is 47.1 Å². The molecule has 1 aromatic heterocycles. The van der Waals surface area contributed by atoms with Crippen molar-refractivity contribution in [2.75, 3.05) is 13.1 Å². The van der Waals surface area contributed by atoms with E-state index in [-0.39, 0.29) is 10.8 Å². The molecule has 1 aromatic carbocycles. The topological polar surface area (TPSA) is 106 Å².